The maximum Gasteiger partial charge on any atom is 0.341 e. The van der Waals surface area contributed by atoms with E-state index in [2.05, 4.69) is 4.74 Å². The first-order valence-electron chi connectivity index (χ1n) is 4.56. The molecule has 0 fully saturated rings. The third-order valence-electron chi connectivity index (χ3n) is 2.10. The molecule has 0 amide bonds. The zero-order valence-electron chi connectivity index (χ0n) is 8.67. The lowest BCUT2D eigenvalue weighted by Crippen LogP contribution is -2.04. The number of esters is 1. The third kappa shape index (κ3) is 2.49. The standard InChI is InChI=1S/C11H11NO4/c1-16-11(15)8-6-7(2-3-10(8)14)9(13)4-5-12/h2-3,6,9,13-14H,4H2,1H3. The van der Waals surface area contributed by atoms with E-state index >= 15 is 0 Å². The van der Waals surface area contributed by atoms with Crippen LogP contribution in [0.5, 0.6) is 5.75 Å². The van der Waals surface area contributed by atoms with Gasteiger partial charge in [0.05, 0.1) is 25.7 Å². The molecule has 1 rings (SSSR count). The second kappa shape index (κ2) is 5.14. The van der Waals surface area contributed by atoms with Crippen molar-refractivity contribution >= 4 is 5.97 Å². The van der Waals surface area contributed by atoms with Crippen molar-refractivity contribution in [3.8, 4) is 11.8 Å². The van der Waals surface area contributed by atoms with Gasteiger partial charge in [0.2, 0.25) is 0 Å². The van der Waals surface area contributed by atoms with Crippen LogP contribution in [0.4, 0.5) is 0 Å². The summed E-state index contributed by atoms with van der Waals surface area (Å²) in [6.45, 7) is 0. The Bertz CT molecular complexity index is 436. The number of benzene rings is 1. The second-order valence-corrected chi connectivity index (χ2v) is 3.15. The number of nitrogens with zero attached hydrogens (tertiary/aromatic N) is 1. The Kier molecular flexibility index (Phi) is 3.86. The van der Waals surface area contributed by atoms with Crippen LogP contribution in [-0.2, 0) is 4.74 Å². The minimum atomic E-state index is -0.978. The van der Waals surface area contributed by atoms with E-state index in [9.17, 15) is 15.0 Å². The van der Waals surface area contributed by atoms with Crippen molar-refractivity contribution in [3.63, 3.8) is 0 Å². The Morgan fingerprint density at radius 2 is 2.31 bits per heavy atom. The molecule has 5 nitrogen and oxygen atoms in total. The summed E-state index contributed by atoms with van der Waals surface area (Å²) in [7, 11) is 1.19. The molecule has 0 heterocycles. The molecule has 0 radical (unpaired) electrons. The van der Waals surface area contributed by atoms with Crippen LogP contribution in [0.15, 0.2) is 18.2 Å². The van der Waals surface area contributed by atoms with Gasteiger partial charge in [0, 0.05) is 0 Å². The van der Waals surface area contributed by atoms with Crippen molar-refractivity contribution in [1.29, 1.82) is 5.26 Å². The molecule has 0 aliphatic carbocycles. The molecule has 16 heavy (non-hydrogen) atoms. The van der Waals surface area contributed by atoms with Crippen molar-refractivity contribution in [1.82, 2.24) is 0 Å². The van der Waals surface area contributed by atoms with Crippen LogP contribution in [0.25, 0.3) is 0 Å². The summed E-state index contributed by atoms with van der Waals surface area (Å²) in [5, 5.41) is 27.4. The van der Waals surface area contributed by atoms with E-state index in [0.717, 1.165) is 0 Å². The number of carbonyl (C=O) groups excluding carboxylic acids is 1. The first kappa shape index (κ1) is 12.0. The zero-order valence-corrected chi connectivity index (χ0v) is 8.67. The number of aromatic hydroxyl groups is 1. The van der Waals surface area contributed by atoms with Gasteiger partial charge >= 0.3 is 5.97 Å². The lowest BCUT2D eigenvalue weighted by atomic mass is 10.0. The molecule has 0 bridgehead atoms. The van der Waals surface area contributed by atoms with Gasteiger partial charge in [-0.05, 0) is 17.7 Å². The van der Waals surface area contributed by atoms with Crippen molar-refractivity contribution in [2.45, 2.75) is 12.5 Å². The van der Waals surface area contributed by atoms with E-state index in [1.54, 1.807) is 0 Å². The number of phenolic OH excluding ortho intramolecular Hbond substituents is 1. The molecular weight excluding hydrogens is 210 g/mol. The van der Waals surface area contributed by atoms with Crippen LogP contribution in [0.1, 0.15) is 28.4 Å². The molecule has 1 atom stereocenters. The van der Waals surface area contributed by atoms with Crippen LogP contribution in [0.2, 0.25) is 0 Å². The maximum atomic E-state index is 11.2. The summed E-state index contributed by atoms with van der Waals surface area (Å²) >= 11 is 0. The van der Waals surface area contributed by atoms with Crippen LogP contribution in [-0.4, -0.2) is 23.3 Å². The SMILES string of the molecule is COC(=O)c1cc(C(O)CC#N)ccc1O. The maximum absolute atomic E-state index is 11.2. The van der Waals surface area contributed by atoms with E-state index in [0.29, 0.717) is 5.56 Å². The molecule has 2 N–H and O–H groups in total. The fraction of sp³-hybridized carbons (Fsp3) is 0.273. The summed E-state index contributed by atoms with van der Waals surface area (Å²) < 4.78 is 4.47. The molecule has 1 aromatic carbocycles. The number of nitriles is 1. The van der Waals surface area contributed by atoms with Gasteiger partial charge in [-0.15, -0.1) is 0 Å². The lowest BCUT2D eigenvalue weighted by Gasteiger charge is -2.09. The number of methoxy groups -OCH3 is 1. The summed E-state index contributed by atoms with van der Waals surface area (Å²) in [6.07, 6.45) is -1.06. The van der Waals surface area contributed by atoms with E-state index in [1.807, 2.05) is 6.07 Å². The van der Waals surface area contributed by atoms with Gasteiger partial charge in [-0.3, -0.25) is 0 Å². The molecule has 0 saturated heterocycles. The average molecular weight is 221 g/mol. The number of ether oxygens (including phenoxy) is 1. The fourth-order valence-electron chi connectivity index (χ4n) is 1.24. The molecule has 84 valence electrons. The number of hydrogen-bond donors (Lipinski definition) is 2. The largest absolute Gasteiger partial charge is 0.507 e. The molecule has 0 aliphatic heterocycles. The van der Waals surface area contributed by atoms with Gasteiger partial charge in [-0.1, -0.05) is 6.07 Å². The summed E-state index contributed by atoms with van der Waals surface area (Å²) in [6, 6.07) is 5.85. The number of hydrogen-bond acceptors (Lipinski definition) is 5. The second-order valence-electron chi connectivity index (χ2n) is 3.15. The van der Waals surface area contributed by atoms with Crippen LogP contribution >= 0.6 is 0 Å². The molecule has 0 aromatic heterocycles. The van der Waals surface area contributed by atoms with Crippen LogP contribution in [0, 0.1) is 11.3 Å². The predicted molar refractivity (Wildman–Crippen MR) is 54.6 cm³/mol. The smallest absolute Gasteiger partial charge is 0.341 e. The van der Waals surface area contributed by atoms with Crippen molar-refractivity contribution < 1.29 is 19.7 Å². The van der Waals surface area contributed by atoms with Crippen molar-refractivity contribution in [2.75, 3.05) is 7.11 Å². The Hall–Kier alpha value is -2.06. The average Bonchev–Trinajstić information content (AvgIpc) is 2.29. The van der Waals surface area contributed by atoms with Gasteiger partial charge in [-0.25, -0.2) is 4.79 Å². The Morgan fingerprint density at radius 3 is 2.88 bits per heavy atom. The Labute approximate surface area is 92.5 Å². The number of aliphatic hydroxyl groups excluding tert-OH is 1. The highest BCUT2D eigenvalue weighted by molar-refractivity contribution is 5.92. The molecule has 0 saturated carbocycles. The van der Waals surface area contributed by atoms with Crippen molar-refractivity contribution in [2.24, 2.45) is 0 Å². The molecule has 1 aromatic rings. The Balaban J connectivity index is 3.08. The van der Waals surface area contributed by atoms with Gasteiger partial charge < -0.3 is 14.9 Å². The first-order valence-corrected chi connectivity index (χ1v) is 4.56. The summed E-state index contributed by atoms with van der Waals surface area (Å²) in [5.41, 5.74) is 0.358. The molecule has 0 aliphatic rings. The summed E-state index contributed by atoms with van der Waals surface area (Å²) in [5.74, 6) is -0.914. The quantitative estimate of drug-likeness (QED) is 0.746. The van der Waals surface area contributed by atoms with Gasteiger partial charge in [0.1, 0.15) is 11.3 Å². The van der Waals surface area contributed by atoms with Crippen LogP contribution in [0.3, 0.4) is 0 Å². The number of phenols is 1. The molecule has 1 unspecified atom stereocenters. The van der Waals surface area contributed by atoms with E-state index in [-0.39, 0.29) is 17.7 Å². The molecule has 5 heteroatoms. The van der Waals surface area contributed by atoms with Crippen molar-refractivity contribution in [3.05, 3.63) is 29.3 Å². The van der Waals surface area contributed by atoms with E-state index in [1.165, 1.54) is 25.3 Å². The highest BCUT2D eigenvalue weighted by Gasteiger charge is 2.15. The number of rotatable bonds is 3. The first-order chi connectivity index (χ1) is 7.60. The highest BCUT2D eigenvalue weighted by atomic mass is 16.5. The lowest BCUT2D eigenvalue weighted by molar-refractivity contribution is 0.0597. The fourth-order valence-corrected chi connectivity index (χ4v) is 1.24. The molecule has 0 spiro atoms. The van der Waals surface area contributed by atoms with Gasteiger partial charge in [-0.2, -0.15) is 5.26 Å². The number of aliphatic hydroxyl groups is 1. The van der Waals surface area contributed by atoms with Crippen LogP contribution < -0.4 is 0 Å². The monoisotopic (exact) mass is 221 g/mol. The molecular formula is C11H11NO4. The Morgan fingerprint density at radius 1 is 1.62 bits per heavy atom. The normalized spacial score (nSPS) is 11.6. The minimum Gasteiger partial charge on any atom is -0.507 e. The third-order valence-corrected chi connectivity index (χ3v) is 2.10. The van der Waals surface area contributed by atoms with E-state index in [4.69, 9.17) is 5.26 Å². The number of carbonyl (C=O) groups is 1. The zero-order chi connectivity index (χ0) is 12.1. The highest BCUT2D eigenvalue weighted by Crippen LogP contribution is 2.24. The summed E-state index contributed by atoms with van der Waals surface area (Å²) in [4.78, 5) is 11.2. The van der Waals surface area contributed by atoms with E-state index < -0.39 is 12.1 Å². The topological polar surface area (TPSA) is 90.5 Å². The predicted octanol–water partition coefficient (Wildman–Crippen LogP) is 1.13. The van der Waals surface area contributed by atoms with Gasteiger partial charge in [0.15, 0.2) is 0 Å². The minimum absolute atomic E-state index is 0.0306. The van der Waals surface area contributed by atoms with Gasteiger partial charge in [0.25, 0.3) is 0 Å².